The molecule has 0 radical (unpaired) electrons. The Morgan fingerprint density at radius 1 is 0.846 bits per heavy atom. The van der Waals surface area contributed by atoms with E-state index in [1.165, 1.54) is 12.5 Å². The van der Waals surface area contributed by atoms with Crippen LogP contribution in [0.1, 0.15) is 96.1 Å². The van der Waals surface area contributed by atoms with Crippen molar-refractivity contribution in [3.8, 4) is 0 Å². The lowest BCUT2D eigenvalue weighted by Crippen LogP contribution is -2.56. The Bertz CT molecular complexity index is 1430. The van der Waals surface area contributed by atoms with Gasteiger partial charge >= 0.3 is 0 Å². The largest absolute Gasteiger partial charge is 0.344 e. The quantitative estimate of drug-likeness (QED) is 0.115. The van der Waals surface area contributed by atoms with E-state index in [0.29, 0.717) is 51.9 Å². The highest BCUT2D eigenvalue weighted by Crippen LogP contribution is 2.26. The molecule has 0 saturated carbocycles. The molecule has 1 aliphatic heterocycles. The van der Waals surface area contributed by atoms with Crippen LogP contribution in [0.15, 0.2) is 60.7 Å². The van der Waals surface area contributed by atoms with Gasteiger partial charge in [0.25, 0.3) is 0 Å². The summed E-state index contributed by atoms with van der Waals surface area (Å²) in [7, 11) is 0. The van der Waals surface area contributed by atoms with Crippen LogP contribution in [-0.2, 0) is 30.4 Å². The molecular formula is C41H62N6O5. The summed E-state index contributed by atoms with van der Waals surface area (Å²) in [6.45, 7) is 9.42. The van der Waals surface area contributed by atoms with Crippen LogP contribution in [0.4, 0.5) is 0 Å². The van der Waals surface area contributed by atoms with Gasteiger partial charge in [-0.05, 0) is 68.5 Å². The lowest BCUT2D eigenvalue weighted by molar-refractivity contribution is -0.141. The van der Waals surface area contributed by atoms with Crippen LogP contribution >= 0.6 is 0 Å². The Hall–Kier alpha value is -3.93. The predicted molar refractivity (Wildman–Crippen MR) is 205 cm³/mol. The topological polar surface area (TPSA) is 177 Å². The van der Waals surface area contributed by atoms with E-state index < -0.39 is 29.4 Å². The van der Waals surface area contributed by atoms with Crippen LogP contribution in [0.25, 0.3) is 0 Å². The molecule has 0 aliphatic carbocycles. The molecule has 7 N–H and O–H groups in total. The van der Waals surface area contributed by atoms with Gasteiger partial charge in [-0.3, -0.25) is 24.0 Å². The molecule has 11 heteroatoms. The summed E-state index contributed by atoms with van der Waals surface area (Å²) in [5.41, 5.74) is 13.1. The third-order valence-electron chi connectivity index (χ3n) is 10.2. The number of amides is 3. The highest BCUT2D eigenvalue weighted by molar-refractivity contribution is 5.95. The van der Waals surface area contributed by atoms with Gasteiger partial charge in [0, 0.05) is 38.4 Å². The molecule has 1 heterocycles. The minimum atomic E-state index is -0.932. The minimum Gasteiger partial charge on any atom is -0.344 e. The third-order valence-corrected chi connectivity index (χ3v) is 10.2. The van der Waals surface area contributed by atoms with Crippen molar-refractivity contribution in [2.45, 2.75) is 109 Å². The first-order valence-electron chi connectivity index (χ1n) is 19.0. The maximum Gasteiger partial charge on any atom is 0.243 e. The number of likely N-dealkylation sites (tertiary alicyclic amines) is 1. The Balaban J connectivity index is 1.72. The number of hydrogen-bond acceptors (Lipinski definition) is 8. The number of Topliss-reactive ketones (excluding diaryl/α,β-unsaturated/α-hetero) is 2. The fourth-order valence-electron chi connectivity index (χ4n) is 6.77. The summed E-state index contributed by atoms with van der Waals surface area (Å²) in [4.78, 5) is 68.9. The normalized spacial score (nSPS) is 16.4. The summed E-state index contributed by atoms with van der Waals surface area (Å²) < 4.78 is 0. The molecule has 3 amide bonds. The van der Waals surface area contributed by atoms with Gasteiger partial charge in [-0.2, -0.15) is 0 Å². The van der Waals surface area contributed by atoms with Gasteiger partial charge in [-0.1, -0.05) is 94.3 Å². The standard InChI is InChI=1S/C41H62N6O5/c1-29(2)24-35(37(49)26-34(18-12-7-13-21-42)40(52)47-22-19-41(43,20-23-47)31(4)48)46-39(51)36(25-32-14-8-5-9-15-32)45-38(50)28-44-27-30(3)33-16-10-6-11-17-33/h5-6,8-11,14-17,29-30,34-36,44H,7,12-13,18-28,42-43H2,1-4H3,(H,45,50)(H,46,51)/t30-,34-,35+,36+/m0/s1. The monoisotopic (exact) mass is 718 g/mol. The van der Waals surface area contributed by atoms with Crippen LogP contribution in [-0.4, -0.2) is 84.5 Å². The first kappa shape index (κ1) is 42.5. The number of hydrogen-bond donors (Lipinski definition) is 5. The SMILES string of the molecule is CC(=O)C1(N)CCN(C(=O)[C@@H](CCCCCN)CC(=O)[C@@H](CC(C)C)NC(=O)[C@@H](Cc2ccccc2)NC(=O)CNC[C@H](C)c2ccccc2)CC1. The number of nitrogens with two attached hydrogens (primary N) is 2. The number of nitrogens with zero attached hydrogens (tertiary/aromatic N) is 1. The second kappa shape index (κ2) is 21.6. The van der Waals surface area contributed by atoms with Crippen LogP contribution in [0.2, 0.25) is 0 Å². The van der Waals surface area contributed by atoms with Gasteiger partial charge in [0.1, 0.15) is 11.8 Å². The van der Waals surface area contributed by atoms with E-state index in [1.54, 1.807) is 4.90 Å². The fraction of sp³-hybridized carbons (Fsp3) is 0.585. The minimum absolute atomic E-state index is 0.0185. The number of carbonyl (C=O) groups excluding carboxylic acids is 5. The molecule has 286 valence electrons. The fourth-order valence-corrected chi connectivity index (χ4v) is 6.77. The van der Waals surface area contributed by atoms with E-state index >= 15 is 0 Å². The highest BCUT2D eigenvalue weighted by atomic mass is 16.2. The summed E-state index contributed by atoms with van der Waals surface area (Å²) in [5, 5.41) is 9.08. The number of ketones is 2. The van der Waals surface area contributed by atoms with E-state index in [4.69, 9.17) is 11.5 Å². The summed E-state index contributed by atoms with van der Waals surface area (Å²) in [6, 6.07) is 17.7. The van der Waals surface area contributed by atoms with Gasteiger partial charge in [-0.15, -0.1) is 0 Å². The van der Waals surface area contributed by atoms with Crippen LogP contribution in [0, 0.1) is 11.8 Å². The molecular weight excluding hydrogens is 656 g/mol. The molecule has 2 aromatic rings. The molecule has 0 spiro atoms. The number of piperidine rings is 1. The Kier molecular flexibility index (Phi) is 17.6. The van der Waals surface area contributed by atoms with Gasteiger partial charge in [-0.25, -0.2) is 0 Å². The van der Waals surface area contributed by atoms with Gasteiger partial charge < -0.3 is 32.3 Å². The van der Waals surface area contributed by atoms with Crippen LogP contribution in [0.3, 0.4) is 0 Å². The highest BCUT2D eigenvalue weighted by Gasteiger charge is 2.38. The average Bonchev–Trinajstić information content (AvgIpc) is 3.12. The molecule has 4 atom stereocenters. The first-order valence-corrected chi connectivity index (χ1v) is 19.0. The number of carbonyl (C=O) groups is 5. The van der Waals surface area contributed by atoms with Crippen molar-refractivity contribution in [2.24, 2.45) is 23.3 Å². The van der Waals surface area contributed by atoms with E-state index in [0.717, 1.165) is 24.8 Å². The average molecular weight is 719 g/mol. The molecule has 52 heavy (non-hydrogen) atoms. The lowest BCUT2D eigenvalue weighted by atomic mass is 9.84. The molecule has 11 nitrogen and oxygen atoms in total. The number of benzene rings is 2. The zero-order chi connectivity index (χ0) is 38.1. The Morgan fingerprint density at radius 2 is 1.48 bits per heavy atom. The van der Waals surface area contributed by atoms with E-state index in [2.05, 4.69) is 35.0 Å². The second-order valence-electron chi connectivity index (χ2n) is 15.0. The van der Waals surface area contributed by atoms with Crippen molar-refractivity contribution >= 4 is 29.3 Å². The third kappa shape index (κ3) is 13.9. The van der Waals surface area contributed by atoms with E-state index in [9.17, 15) is 24.0 Å². The summed E-state index contributed by atoms with van der Waals surface area (Å²) >= 11 is 0. The van der Waals surface area contributed by atoms with Gasteiger partial charge in [0.05, 0.1) is 18.1 Å². The maximum atomic E-state index is 14.1. The Labute approximate surface area is 310 Å². The van der Waals surface area contributed by atoms with Gasteiger partial charge in [0.2, 0.25) is 17.7 Å². The molecule has 2 aromatic carbocycles. The summed E-state index contributed by atoms with van der Waals surface area (Å²) in [6.07, 6.45) is 4.32. The van der Waals surface area contributed by atoms with Crippen molar-refractivity contribution < 1.29 is 24.0 Å². The van der Waals surface area contributed by atoms with Crippen LogP contribution in [0.5, 0.6) is 0 Å². The number of rotatable bonds is 22. The zero-order valence-electron chi connectivity index (χ0n) is 31.7. The Morgan fingerprint density at radius 3 is 2.08 bits per heavy atom. The van der Waals surface area contributed by atoms with Gasteiger partial charge in [0.15, 0.2) is 5.78 Å². The molecule has 1 aliphatic rings. The number of nitrogens with one attached hydrogen (secondary N) is 3. The van der Waals surface area contributed by atoms with E-state index in [-0.39, 0.29) is 54.6 Å². The summed E-state index contributed by atoms with van der Waals surface area (Å²) in [5.74, 6) is -1.48. The molecule has 0 aromatic heterocycles. The second-order valence-corrected chi connectivity index (χ2v) is 15.0. The smallest absolute Gasteiger partial charge is 0.243 e. The van der Waals surface area contributed by atoms with Crippen LogP contribution < -0.4 is 27.4 Å². The first-order chi connectivity index (χ1) is 24.8. The van der Waals surface area contributed by atoms with Crippen molar-refractivity contribution in [3.05, 3.63) is 71.8 Å². The molecule has 0 unspecified atom stereocenters. The van der Waals surface area contributed by atoms with E-state index in [1.807, 2.05) is 62.4 Å². The zero-order valence-corrected chi connectivity index (χ0v) is 31.7. The predicted octanol–water partition coefficient (Wildman–Crippen LogP) is 3.64. The molecule has 0 bridgehead atoms. The molecule has 3 rings (SSSR count). The molecule has 1 fully saturated rings. The lowest BCUT2D eigenvalue weighted by Gasteiger charge is -2.39. The van der Waals surface area contributed by atoms with Crippen molar-refractivity contribution in [3.63, 3.8) is 0 Å². The maximum absolute atomic E-state index is 14.1. The molecule has 1 saturated heterocycles. The number of unbranched alkanes of at least 4 members (excludes halogenated alkanes) is 2. The van der Waals surface area contributed by atoms with Crippen molar-refractivity contribution in [1.29, 1.82) is 0 Å². The van der Waals surface area contributed by atoms with Crippen molar-refractivity contribution in [1.82, 2.24) is 20.9 Å². The van der Waals surface area contributed by atoms with Crippen molar-refractivity contribution in [2.75, 3.05) is 32.7 Å².